The smallest absolute Gasteiger partial charge is 0.136 e. The summed E-state index contributed by atoms with van der Waals surface area (Å²) in [6.45, 7) is 4.83. The molecule has 0 bridgehead atoms. The maximum absolute atomic E-state index is 6.14. The van der Waals surface area contributed by atoms with Crippen LogP contribution in [0.15, 0.2) is 24.3 Å². The van der Waals surface area contributed by atoms with Crippen LogP contribution in [0.5, 0.6) is 0 Å². The number of halogens is 2. The van der Waals surface area contributed by atoms with Gasteiger partial charge in [-0.05, 0) is 31.5 Å². The molecule has 4 nitrogen and oxygen atoms in total. The Kier molecular flexibility index (Phi) is 5.04. The molecule has 1 heterocycles. The first-order chi connectivity index (χ1) is 9.58. The number of aromatic nitrogens is 2. The van der Waals surface area contributed by atoms with E-state index in [4.69, 9.17) is 23.2 Å². The lowest BCUT2D eigenvalue weighted by Gasteiger charge is -2.11. The lowest BCUT2D eigenvalue weighted by atomic mass is 10.3. The number of rotatable bonds is 5. The third-order valence-corrected chi connectivity index (χ3v) is 3.14. The molecule has 0 aliphatic rings. The van der Waals surface area contributed by atoms with Gasteiger partial charge in [-0.3, -0.25) is 0 Å². The Hall–Kier alpha value is -1.52. The van der Waals surface area contributed by atoms with Crippen molar-refractivity contribution in [3.63, 3.8) is 0 Å². The zero-order valence-electron chi connectivity index (χ0n) is 11.4. The average molecular weight is 311 g/mol. The van der Waals surface area contributed by atoms with Crippen LogP contribution >= 0.6 is 23.2 Å². The van der Waals surface area contributed by atoms with Crippen molar-refractivity contribution >= 4 is 40.5 Å². The van der Waals surface area contributed by atoms with Gasteiger partial charge in [-0.15, -0.1) is 0 Å². The van der Waals surface area contributed by atoms with Gasteiger partial charge in [0.05, 0.1) is 10.7 Å². The predicted molar refractivity (Wildman–Crippen MR) is 85.3 cm³/mol. The van der Waals surface area contributed by atoms with Crippen LogP contribution < -0.4 is 10.6 Å². The number of aryl methyl sites for hydroxylation is 1. The molecule has 0 saturated carbocycles. The number of benzene rings is 1. The summed E-state index contributed by atoms with van der Waals surface area (Å²) in [7, 11) is 0. The van der Waals surface area contributed by atoms with Gasteiger partial charge >= 0.3 is 0 Å². The van der Waals surface area contributed by atoms with Gasteiger partial charge in [-0.2, -0.15) is 0 Å². The van der Waals surface area contributed by atoms with Crippen LogP contribution in [0.1, 0.15) is 19.2 Å². The van der Waals surface area contributed by atoms with Crippen LogP contribution in [0.3, 0.4) is 0 Å². The van der Waals surface area contributed by atoms with Crippen molar-refractivity contribution in [2.75, 3.05) is 17.2 Å². The minimum Gasteiger partial charge on any atom is -0.370 e. The van der Waals surface area contributed by atoms with Gasteiger partial charge < -0.3 is 10.6 Å². The highest BCUT2D eigenvalue weighted by Crippen LogP contribution is 2.28. The molecule has 0 saturated heterocycles. The van der Waals surface area contributed by atoms with Crippen LogP contribution in [0, 0.1) is 6.92 Å². The summed E-state index contributed by atoms with van der Waals surface area (Å²) in [6, 6.07) is 7.14. The van der Waals surface area contributed by atoms with E-state index in [9.17, 15) is 0 Å². The lowest BCUT2D eigenvalue weighted by molar-refractivity contribution is 0.955. The van der Waals surface area contributed by atoms with Gasteiger partial charge in [0.25, 0.3) is 0 Å². The Balaban J connectivity index is 2.21. The van der Waals surface area contributed by atoms with E-state index in [0.29, 0.717) is 21.7 Å². The second kappa shape index (κ2) is 6.77. The molecule has 0 fully saturated rings. The second-order valence-electron chi connectivity index (χ2n) is 4.36. The number of hydrogen-bond donors (Lipinski definition) is 2. The summed E-state index contributed by atoms with van der Waals surface area (Å²) >= 11 is 12.0. The zero-order chi connectivity index (χ0) is 14.5. The first kappa shape index (κ1) is 14.9. The largest absolute Gasteiger partial charge is 0.370 e. The Morgan fingerprint density at radius 2 is 1.85 bits per heavy atom. The van der Waals surface area contributed by atoms with Crippen LogP contribution in [0.2, 0.25) is 10.0 Å². The summed E-state index contributed by atoms with van der Waals surface area (Å²) < 4.78 is 0. The molecule has 6 heteroatoms. The van der Waals surface area contributed by atoms with Gasteiger partial charge in [0.2, 0.25) is 0 Å². The topological polar surface area (TPSA) is 49.8 Å². The molecule has 2 N–H and O–H groups in total. The van der Waals surface area contributed by atoms with E-state index < -0.39 is 0 Å². The van der Waals surface area contributed by atoms with Crippen molar-refractivity contribution < 1.29 is 0 Å². The number of hydrogen-bond acceptors (Lipinski definition) is 4. The predicted octanol–water partition coefficient (Wildman–Crippen LogP) is 4.66. The lowest BCUT2D eigenvalue weighted by Crippen LogP contribution is -2.05. The fraction of sp³-hybridized carbons (Fsp3) is 0.286. The number of nitrogens with zero attached hydrogens (tertiary/aromatic N) is 2. The fourth-order valence-electron chi connectivity index (χ4n) is 1.70. The van der Waals surface area contributed by atoms with Gasteiger partial charge in [0.1, 0.15) is 17.5 Å². The van der Waals surface area contributed by atoms with E-state index in [0.717, 1.165) is 24.5 Å². The van der Waals surface area contributed by atoms with Crippen molar-refractivity contribution in [1.82, 2.24) is 9.97 Å². The average Bonchev–Trinajstić information content (AvgIpc) is 2.39. The van der Waals surface area contributed by atoms with E-state index in [1.165, 1.54) is 0 Å². The Bertz CT molecular complexity index is 602. The summed E-state index contributed by atoms with van der Waals surface area (Å²) in [5.74, 6) is 2.19. The molecule has 20 heavy (non-hydrogen) atoms. The second-order valence-corrected chi connectivity index (χ2v) is 5.21. The molecule has 1 aromatic heterocycles. The fourth-order valence-corrected chi connectivity index (χ4v) is 2.16. The molecular weight excluding hydrogens is 295 g/mol. The minimum absolute atomic E-state index is 0.553. The maximum Gasteiger partial charge on any atom is 0.136 e. The minimum atomic E-state index is 0.553. The van der Waals surface area contributed by atoms with Gasteiger partial charge in [-0.1, -0.05) is 30.1 Å². The van der Waals surface area contributed by atoms with Crippen LogP contribution in [-0.4, -0.2) is 16.5 Å². The van der Waals surface area contributed by atoms with Crippen molar-refractivity contribution in [2.24, 2.45) is 0 Å². The molecular formula is C14H16Cl2N4. The Morgan fingerprint density at radius 1 is 1.10 bits per heavy atom. The standard InChI is InChI=1S/C14H16Cl2N4/c1-3-6-17-13-8-14(19-9(2)18-13)20-12-5-4-10(15)7-11(12)16/h4-5,7-8H,3,6H2,1-2H3,(H2,17,18,19,20). The summed E-state index contributed by atoms with van der Waals surface area (Å²) in [5, 5.41) is 7.57. The normalized spacial score (nSPS) is 10.4. The van der Waals surface area contributed by atoms with Gasteiger partial charge in [-0.25, -0.2) is 9.97 Å². The van der Waals surface area contributed by atoms with E-state index in [1.54, 1.807) is 12.1 Å². The van der Waals surface area contributed by atoms with Gasteiger partial charge in [0, 0.05) is 17.6 Å². The van der Waals surface area contributed by atoms with Crippen molar-refractivity contribution in [3.8, 4) is 0 Å². The molecule has 2 rings (SSSR count). The van der Waals surface area contributed by atoms with Crippen molar-refractivity contribution in [1.29, 1.82) is 0 Å². The van der Waals surface area contributed by atoms with E-state index in [2.05, 4.69) is 27.5 Å². The molecule has 1 aromatic carbocycles. The number of nitrogens with one attached hydrogen (secondary N) is 2. The van der Waals surface area contributed by atoms with Crippen molar-refractivity contribution in [2.45, 2.75) is 20.3 Å². The molecule has 0 aliphatic carbocycles. The highest BCUT2D eigenvalue weighted by atomic mass is 35.5. The summed E-state index contributed by atoms with van der Waals surface area (Å²) in [4.78, 5) is 8.68. The van der Waals surface area contributed by atoms with Crippen molar-refractivity contribution in [3.05, 3.63) is 40.1 Å². The monoisotopic (exact) mass is 310 g/mol. The maximum atomic E-state index is 6.14. The third kappa shape index (κ3) is 3.99. The molecule has 0 unspecified atom stereocenters. The summed E-state index contributed by atoms with van der Waals surface area (Å²) in [5.41, 5.74) is 0.760. The number of anilines is 3. The van der Waals surface area contributed by atoms with Crippen LogP contribution in [-0.2, 0) is 0 Å². The third-order valence-electron chi connectivity index (χ3n) is 2.59. The highest BCUT2D eigenvalue weighted by molar-refractivity contribution is 6.36. The van der Waals surface area contributed by atoms with E-state index in [1.807, 2.05) is 19.1 Å². The molecule has 0 aliphatic heterocycles. The van der Waals surface area contributed by atoms with E-state index >= 15 is 0 Å². The first-order valence-electron chi connectivity index (χ1n) is 6.40. The molecule has 2 aromatic rings. The van der Waals surface area contributed by atoms with Crippen LogP contribution in [0.25, 0.3) is 0 Å². The molecule has 0 atom stereocenters. The Morgan fingerprint density at radius 3 is 2.55 bits per heavy atom. The molecule has 106 valence electrons. The van der Waals surface area contributed by atoms with Crippen LogP contribution in [0.4, 0.5) is 17.3 Å². The highest BCUT2D eigenvalue weighted by Gasteiger charge is 2.05. The quantitative estimate of drug-likeness (QED) is 0.843. The zero-order valence-corrected chi connectivity index (χ0v) is 12.9. The first-order valence-corrected chi connectivity index (χ1v) is 7.15. The SMILES string of the molecule is CCCNc1cc(Nc2ccc(Cl)cc2Cl)nc(C)n1. The summed E-state index contributed by atoms with van der Waals surface area (Å²) in [6.07, 6.45) is 1.04. The molecule has 0 amide bonds. The Labute approximate surface area is 128 Å². The molecule has 0 spiro atoms. The molecule has 0 radical (unpaired) electrons. The van der Waals surface area contributed by atoms with Gasteiger partial charge in [0.15, 0.2) is 0 Å². The van der Waals surface area contributed by atoms with E-state index in [-0.39, 0.29) is 0 Å².